The molecule has 4 aromatic carbocycles. The molecule has 0 atom stereocenters. The summed E-state index contributed by atoms with van der Waals surface area (Å²) in [5, 5.41) is 10.3. The van der Waals surface area contributed by atoms with Crippen molar-refractivity contribution < 1.29 is 0 Å². The Morgan fingerprint density at radius 1 is 0.514 bits per heavy atom. The fraction of sp³-hybridized carbons (Fsp3) is 0.353. The third-order valence-electron chi connectivity index (χ3n) is 7.68. The van der Waals surface area contributed by atoms with Gasteiger partial charge >= 0.3 is 0 Å². The molecule has 0 aromatic heterocycles. The molecule has 35 heavy (non-hydrogen) atoms. The van der Waals surface area contributed by atoms with Crippen LogP contribution in [0.25, 0.3) is 32.3 Å². The van der Waals surface area contributed by atoms with Gasteiger partial charge in [0.1, 0.15) is 0 Å². The highest BCUT2D eigenvalue weighted by Gasteiger charge is 2.34. The summed E-state index contributed by atoms with van der Waals surface area (Å²) in [6.07, 6.45) is 21.4. The molecule has 0 amide bonds. The average Bonchev–Trinajstić information content (AvgIpc) is 2.90. The maximum atomic E-state index is 2.53. The Balaban J connectivity index is 1.89. The summed E-state index contributed by atoms with van der Waals surface area (Å²) in [7, 11) is -1.77. The second kappa shape index (κ2) is 12.4. The summed E-state index contributed by atoms with van der Waals surface area (Å²) in [6.45, 7) is 6.73. The molecule has 4 rings (SSSR count). The van der Waals surface area contributed by atoms with E-state index in [1.165, 1.54) is 69.7 Å². The second-order valence-corrected chi connectivity index (χ2v) is 14.6. The van der Waals surface area contributed by atoms with Gasteiger partial charge in [0.15, 0.2) is 0 Å². The van der Waals surface area contributed by atoms with Gasteiger partial charge in [-0.05, 0) is 89.0 Å². The number of hydrogen-bond acceptors (Lipinski definition) is 0. The largest absolute Gasteiger partial charge is 0.0888 e. The van der Waals surface area contributed by atoms with Gasteiger partial charge < -0.3 is 0 Å². The lowest BCUT2D eigenvalue weighted by Crippen LogP contribution is -2.47. The molecule has 0 spiro atoms. The number of allylic oxidation sites excluding steroid dienone is 6. The third-order valence-corrected chi connectivity index (χ3v) is 13.0. The molecule has 0 saturated heterocycles. The molecular weight excluding hydrogens is 436 g/mol. The molecule has 0 aliphatic carbocycles. The first kappa shape index (κ1) is 25.4. The standard InChI is InChI=1S/C34H42Si/c1-4-7-10-13-25-35(26-14-11-8-5-2,27-15-12-9-6-3)32-24-22-30-20-19-28-17-16-18-29-21-23-31(32)34(30)33(28)29/h7-12,16-24H,4-6,13-15,25-27H2,1-3H3/b10-7-,11-8-,12-9-. The normalized spacial score (nSPS) is 13.1. The van der Waals surface area contributed by atoms with Crippen molar-refractivity contribution >= 4 is 45.6 Å². The van der Waals surface area contributed by atoms with Gasteiger partial charge in [0, 0.05) is 0 Å². The minimum absolute atomic E-state index is 1.13. The lowest BCUT2D eigenvalue weighted by molar-refractivity contribution is 1.02. The van der Waals surface area contributed by atoms with E-state index in [4.69, 9.17) is 0 Å². The molecule has 0 heterocycles. The SMILES string of the molecule is CC/C=C\CC[Si](CC/C=C\CC)(CC/C=C\CC)c1ccc2ccc3cccc4ccc1c2c34. The smallest absolute Gasteiger partial charge is 0.0884 e. The lowest BCUT2D eigenvalue weighted by Gasteiger charge is -2.34. The van der Waals surface area contributed by atoms with Crippen LogP contribution in [-0.2, 0) is 0 Å². The van der Waals surface area contributed by atoms with Crippen LogP contribution < -0.4 is 5.19 Å². The molecule has 0 aliphatic heterocycles. The van der Waals surface area contributed by atoms with Crippen molar-refractivity contribution in [2.45, 2.75) is 77.4 Å². The van der Waals surface area contributed by atoms with Gasteiger partial charge in [0.05, 0.1) is 8.07 Å². The Hall–Kier alpha value is -2.64. The predicted octanol–water partition coefficient (Wildman–Crippen LogP) is 10.3. The summed E-state index contributed by atoms with van der Waals surface area (Å²) in [5.74, 6) is 0. The van der Waals surface area contributed by atoms with Crippen LogP contribution >= 0.6 is 0 Å². The van der Waals surface area contributed by atoms with Gasteiger partial charge in [-0.3, -0.25) is 0 Å². The highest BCUT2D eigenvalue weighted by atomic mass is 28.3. The third kappa shape index (κ3) is 5.62. The fourth-order valence-electron chi connectivity index (χ4n) is 5.91. The van der Waals surface area contributed by atoms with Crippen LogP contribution in [0.4, 0.5) is 0 Å². The van der Waals surface area contributed by atoms with E-state index in [1.54, 1.807) is 5.19 Å². The first-order valence-electron chi connectivity index (χ1n) is 13.9. The van der Waals surface area contributed by atoms with E-state index in [-0.39, 0.29) is 0 Å². The van der Waals surface area contributed by atoms with E-state index in [2.05, 4.69) is 112 Å². The monoisotopic (exact) mass is 478 g/mol. The molecule has 4 aromatic rings. The van der Waals surface area contributed by atoms with Crippen LogP contribution in [0.2, 0.25) is 18.1 Å². The van der Waals surface area contributed by atoms with Gasteiger partial charge in [-0.25, -0.2) is 0 Å². The minimum Gasteiger partial charge on any atom is -0.0888 e. The second-order valence-electron chi connectivity index (χ2n) is 10.0. The summed E-state index contributed by atoms with van der Waals surface area (Å²) >= 11 is 0. The summed E-state index contributed by atoms with van der Waals surface area (Å²) in [5.41, 5.74) is 0. The first-order valence-corrected chi connectivity index (χ1v) is 16.5. The predicted molar refractivity (Wildman–Crippen MR) is 162 cm³/mol. The van der Waals surface area contributed by atoms with Crippen LogP contribution in [0.1, 0.15) is 59.3 Å². The number of rotatable bonds is 13. The molecule has 1 heteroatoms. The molecule has 0 N–H and O–H groups in total. The Bertz CT molecular complexity index is 1250. The van der Waals surface area contributed by atoms with Gasteiger partial charge in [0.2, 0.25) is 0 Å². The fourth-order valence-corrected chi connectivity index (χ4v) is 10.8. The van der Waals surface area contributed by atoms with Crippen molar-refractivity contribution in [3.05, 3.63) is 91.1 Å². The molecule has 0 aliphatic rings. The summed E-state index contributed by atoms with van der Waals surface area (Å²) < 4.78 is 0. The molecule has 0 unspecified atom stereocenters. The molecule has 0 nitrogen and oxygen atoms in total. The van der Waals surface area contributed by atoms with Crippen molar-refractivity contribution in [3.63, 3.8) is 0 Å². The Morgan fingerprint density at radius 2 is 0.971 bits per heavy atom. The van der Waals surface area contributed by atoms with Crippen LogP contribution in [-0.4, -0.2) is 8.07 Å². The van der Waals surface area contributed by atoms with E-state index in [1.807, 2.05) is 0 Å². The maximum absolute atomic E-state index is 2.53. The average molecular weight is 479 g/mol. The summed E-state index contributed by atoms with van der Waals surface area (Å²) in [4.78, 5) is 0. The van der Waals surface area contributed by atoms with Crippen LogP contribution in [0.5, 0.6) is 0 Å². The topological polar surface area (TPSA) is 0 Å². The van der Waals surface area contributed by atoms with Crippen LogP contribution in [0.15, 0.2) is 91.1 Å². The van der Waals surface area contributed by atoms with Crippen molar-refractivity contribution in [3.8, 4) is 0 Å². The molecule has 0 fully saturated rings. The van der Waals surface area contributed by atoms with Crippen LogP contribution in [0, 0.1) is 0 Å². The molecular formula is C34H42Si. The molecule has 0 saturated carbocycles. The van der Waals surface area contributed by atoms with E-state index < -0.39 is 8.07 Å². The first-order chi connectivity index (χ1) is 17.2. The molecule has 0 bridgehead atoms. The maximum Gasteiger partial charge on any atom is 0.0884 e. The molecule has 0 radical (unpaired) electrons. The quantitative estimate of drug-likeness (QED) is 0.102. The summed E-state index contributed by atoms with van der Waals surface area (Å²) in [6, 6.07) is 25.2. The Kier molecular flexibility index (Phi) is 8.99. The van der Waals surface area contributed by atoms with Gasteiger partial charge in [-0.15, -0.1) is 0 Å². The Morgan fingerprint density at radius 3 is 1.49 bits per heavy atom. The zero-order valence-electron chi connectivity index (χ0n) is 22.0. The Labute approximate surface area is 213 Å². The van der Waals surface area contributed by atoms with Crippen LogP contribution in [0.3, 0.4) is 0 Å². The van der Waals surface area contributed by atoms with E-state index in [0.29, 0.717) is 0 Å². The number of hydrogen-bond donors (Lipinski definition) is 0. The van der Waals surface area contributed by atoms with Gasteiger partial charge in [0.25, 0.3) is 0 Å². The van der Waals surface area contributed by atoms with Crippen molar-refractivity contribution in [1.29, 1.82) is 0 Å². The minimum atomic E-state index is -1.77. The zero-order chi connectivity index (χ0) is 24.5. The van der Waals surface area contributed by atoms with Crippen molar-refractivity contribution in [2.75, 3.05) is 0 Å². The highest BCUT2D eigenvalue weighted by Crippen LogP contribution is 2.37. The number of benzene rings is 4. The van der Waals surface area contributed by atoms with Crippen molar-refractivity contribution in [1.82, 2.24) is 0 Å². The van der Waals surface area contributed by atoms with Gasteiger partial charge in [-0.2, -0.15) is 0 Å². The van der Waals surface area contributed by atoms with Gasteiger partial charge in [-0.1, -0.05) is 117 Å². The van der Waals surface area contributed by atoms with E-state index in [0.717, 1.165) is 19.3 Å². The zero-order valence-corrected chi connectivity index (χ0v) is 23.0. The molecule has 182 valence electrons. The lowest BCUT2D eigenvalue weighted by atomic mass is 9.94. The highest BCUT2D eigenvalue weighted by molar-refractivity contribution is 6.93. The van der Waals surface area contributed by atoms with Crippen molar-refractivity contribution in [2.24, 2.45) is 0 Å². The van der Waals surface area contributed by atoms with E-state index in [9.17, 15) is 0 Å². The van der Waals surface area contributed by atoms with E-state index >= 15 is 0 Å².